The van der Waals surface area contributed by atoms with Crippen molar-refractivity contribution in [1.29, 1.82) is 5.26 Å². The normalized spacial score (nSPS) is 11.6. The molecule has 0 aliphatic carbocycles. The van der Waals surface area contributed by atoms with Gasteiger partial charge in [-0.25, -0.2) is 9.38 Å². The van der Waals surface area contributed by atoms with Crippen LogP contribution in [-0.4, -0.2) is 11.7 Å². The minimum Gasteiger partial charge on any atom is -0.398 e. The number of halogens is 1. The summed E-state index contributed by atoms with van der Waals surface area (Å²) in [5.74, 6) is -1.13. The molecule has 1 amide bonds. The van der Waals surface area contributed by atoms with Crippen molar-refractivity contribution in [3.05, 3.63) is 107 Å². The minimum atomic E-state index is -0.763. The monoisotopic (exact) mass is 384 g/mol. The molecule has 0 unspecified atom stereocenters. The van der Waals surface area contributed by atoms with E-state index in [-0.39, 0.29) is 17.0 Å². The molecule has 6 heteroatoms. The summed E-state index contributed by atoms with van der Waals surface area (Å²) in [5, 5.41) is 11.5. The zero-order valence-electron chi connectivity index (χ0n) is 15.3. The van der Waals surface area contributed by atoms with Crippen molar-refractivity contribution < 1.29 is 9.18 Å². The quantitative estimate of drug-likeness (QED) is 0.523. The number of benzene rings is 3. The van der Waals surface area contributed by atoms with Crippen LogP contribution < -0.4 is 11.1 Å². The molecule has 0 aliphatic rings. The van der Waals surface area contributed by atoms with Gasteiger partial charge >= 0.3 is 0 Å². The maximum absolute atomic E-state index is 13.9. The number of nitrogens with zero attached hydrogens (tertiary/aromatic N) is 2. The molecule has 0 radical (unpaired) electrons. The van der Waals surface area contributed by atoms with E-state index in [1.54, 1.807) is 24.3 Å². The van der Waals surface area contributed by atoms with Crippen LogP contribution in [0, 0.1) is 17.1 Å². The molecule has 3 rings (SSSR count). The third kappa shape index (κ3) is 5.15. The Hall–Kier alpha value is -4.24. The van der Waals surface area contributed by atoms with Crippen LogP contribution in [0.5, 0.6) is 0 Å². The smallest absolute Gasteiger partial charge is 0.256 e. The number of nitrogens with two attached hydrogens (primary N) is 1. The first kappa shape index (κ1) is 19.5. The predicted molar refractivity (Wildman–Crippen MR) is 111 cm³/mol. The summed E-state index contributed by atoms with van der Waals surface area (Å²) in [6.07, 6.45) is 1.54. The van der Waals surface area contributed by atoms with Gasteiger partial charge in [-0.15, -0.1) is 0 Å². The van der Waals surface area contributed by atoms with E-state index in [1.807, 2.05) is 48.5 Å². The van der Waals surface area contributed by atoms with Crippen LogP contribution in [0.1, 0.15) is 21.5 Å². The van der Waals surface area contributed by atoms with Gasteiger partial charge in [0.2, 0.25) is 0 Å². The number of nitrogens with one attached hydrogen (secondary N) is 1. The van der Waals surface area contributed by atoms with E-state index >= 15 is 0 Å². The molecule has 0 bridgehead atoms. The van der Waals surface area contributed by atoms with E-state index in [0.717, 1.165) is 11.6 Å². The van der Waals surface area contributed by atoms with Gasteiger partial charge in [-0.2, -0.15) is 5.26 Å². The van der Waals surface area contributed by atoms with Gasteiger partial charge < -0.3 is 11.1 Å². The zero-order valence-corrected chi connectivity index (χ0v) is 15.3. The van der Waals surface area contributed by atoms with E-state index in [2.05, 4.69) is 10.3 Å². The number of amidine groups is 1. The third-order valence-electron chi connectivity index (χ3n) is 4.00. The van der Waals surface area contributed by atoms with Crippen LogP contribution in [0.4, 0.5) is 10.1 Å². The highest BCUT2D eigenvalue weighted by molar-refractivity contribution is 6.12. The summed E-state index contributed by atoms with van der Waals surface area (Å²) < 4.78 is 13.9. The number of amides is 1. The molecule has 0 aliphatic heterocycles. The Kier molecular flexibility index (Phi) is 6.13. The van der Waals surface area contributed by atoms with Crippen LogP contribution in [0.3, 0.4) is 0 Å². The molecular formula is C23H17FN4O. The first-order valence-corrected chi connectivity index (χ1v) is 8.74. The van der Waals surface area contributed by atoms with Gasteiger partial charge in [0.25, 0.3) is 5.91 Å². The lowest BCUT2D eigenvalue weighted by Crippen LogP contribution is -2.29. The summed E-state index contributed by atoms with van der Waals surface area (Å²) in [7, 11) is 0. The summed E-state index contributed by atoms with van der Waals surface area (Å²) in [6.45, 7) is 0. The van der Waals surface area contributed by atoms with E-state index in [9.17, 15) is 9.18 Å². The molecule has 0 atom stereocenters. The average Bonchev–Trinajstić information content (AvgIpc) is 2.75. The number of hydrogen-bond donors (Lipinski definition) is 2. The highest BCUT2D eigenvalue weighted by atomic mass is 19.1. The lowest BCUT2D eigenvalue weighted by atomic mass is 10.1. The van der Waals surface area contributed by atoms with Crippen LogP contribution in [0.2, 0.25) is 0 Å². The largest absolute Gasteiger partial charge is 0.398 e. The molecule has 0 heterocycles. The Morgan fingerprint density at radius 3 is 2.28 bits per heavy atom. The minimum absolute atomic E-state index is 0.0638. The van der Waals surface area contributed by atoms with E-state index < -0.39 is 11.7 Å². The van der Waals surface area contributed by atoms with Crippen molar-refractivity contribution in [2.24, 2.45) is 10.7 Å². The maximum Gasteiger partial charge on any atom is 0.256 e. The fourth-order valence-corrected chi connectivity index (χ4v) is 2.53. The van der Waals surface area contributed by atoms with Crippen molar-refractivity contribution in [2.75, 3.05) is 0 Å². The SMILES string of the molecule is N#Cc1ccc(C(=O)NC(C=C(N)c2ccccc2)=Nc2ccccc2)cc1F. The molecule has 3 aromatic carbocycles. The molecular weight excluding hydrogens is 367 g/mol. The van der Waals surface area contributed by atoms with Crippen molar-refractivity contribution in [3.63, 3.8) is 0 Å². The lowest BCUT2D eigenvalue weighted by Gasteiger charge is -2.08. The van der Waals surface area contributed by atoms with Crippen molar-refractivity contribution in [1.82, 2.24) is 5.32 Å². The molecule has 3 aromatic rings. The highest BCUT2D eigenvalue weighted by Crippen LogP contribution is 2.14. The standard InChI is InChI=1S/C23H17FN4O/c24-20-13-17(11-12-18(20)15-25)23(29)28-22(27-19-9-5-2-6-10-19)14-21(26)16-7-3-1-4-8-16/h1-14H,26H2,(H,27,28,29). The Morgan fingerprint density at radius 1 is 1.00 bits per heavy atom. The number of rotatable bonds is 4. The molecule has 0 fully saturated rings. The van der Waals surface area contributed by atoms with E-state index in [0.29, 0.717) is 11.4 Å². The second kappa shape index (κ2) is 9.11. The first-order chi connectivity index (χ1) is 14.1. The van der Waals surface area contributed by atoms with Crippen LogP contribution in [0.25, 0.3) is 5.70 Å². The second-order valence-electron chi connectivity index (χ2n) is 6.06. The van der Waals surface area contributed by atoms with Gasteiger partial charge in [-0.3, -0.25) is 4.79 Å². The molecule has 3 N–H and O–H groups in total. The van der Waals surface area contributed by atoms with Gasteiger partial charge in [0.05, 0.1) is 11.3 Å². The molecule has 0 spiro atoms. The van der Waals surface area contributed by atoms with Crippen LogP contribution in [0.15, 0.2) is 89.9 Å². The van der Waals surface area contributed by atoms with Crippen molar-refractivity contribution in [3.8, 4) is 6.07 Å². The molecule has 0 saturated carbocycles. The average molecular weight is 384 g/mol. The molecule has 29 heavy (non-hydrogen) atoms. The van der Waals surface area contributed by atoms with Crippen molar-refractivity contribution >= 4 is 23.1 Å². The number of hydrogen-bond acceptors (Lipinski definition) is 4. The molecule has 0 aromatic heterocycles. The van der Waals surface area contributed by atoms with Crippen molar-refractivity contribution in [2.45, 2.75) is 0 Å². The van der Waals surface area contributed by atoms with E-state index in [4.69, 9.17) is 11.0 Å². The Morgan fingerprint density at radius 2 is 1.66 bits per heavy atom. The maximum atomic E-state index is 13.9. The van der Waals surface area contributed by atoms with Crippen LogP contribution >= 0.6 is 0 Å². The number of carbonyl (C=O) groups is 1. The molecule has 0 saturated heterocycles. The topological polar surface area (TPSA) is 91.3 Å². The number of aliphatic imine (C=N–C) groups is 1. The van der Waals surface area contributed by atoms with Gasteiger partial charge in [-0.05, 0) is 35.9 Å². The highest BCUT2D eigenvalue weighted by Gasteiger charge is 2.12. The van der Waals surface area contributed by atoms with Gasteiger partial charge in [0, 0.05) is 17.3 Å². The Balaban J connectivity index is 1.93. The summed E-state index contributed by atoms with van der Waals surface area (Å²) in [5.41, 5.74) is 7.89. The number of para-hydroxylation sites is 1. The van der Waals surface area contributed by atoms with E-state index in [1.165, 1.54) is 12.1 Å². The fourth-order valence-electron chi connectivity index (χ4n) is 2.53. The number of nitriles is 1. The summed E-state index contributed by atoms with van der Waals surface area (Å²) in [4.78, 5) is 17.0. The lowest BCUT2D eigenvalue weighted by molar-refractivity contribution is 0.0977. The third-order valence-corrected chi connectivity index (χ3v) is 4.00. The zero-order chi connectivity index (χ0) is 20.6. The second-order valence-corrected chi connectivity index (χ2v) is 6.06. The molecule has 142 valence electrons. The predicted octanol–water partition coefficient (Wildman–Crippen LogP) is 4.16. The Bertz CT molecular complexity index is 1120. The Labute approximate surface area is 167 Å². The molecule has 5 nitrogen and oxygen atoms in total. The summed E-state index contributed by atoms with van der Waals surface area (Å²) in [6, 6.07) is 23.7. The fraction of sp³-hybridized carbons (Fsp3) is 0. The number of carbonyl (C=O) groups excluding carboxylic acids is 1. The van der Waals surface area contributed by atoms with Crippen LogP contribution in [-0.2, 0) is 0 Å². The van der Waals surface area contributed by atoms with Gasteiger partial charge in [-0.1, -0.05) is 48.5 Å². The van der Waals surface area contributed by atoms with Gasteiger partial charge in [0.15, 0.2) is 0 Å². The first-order valence-electron chi connectivity index (χ1n) is 8.74. The summed E-state index contributed by atoms with van der Waals surface area (Å²) >= 11 is 0. The van der Waals surface area contributed by atoms with Gasteiger partial charge in [0.1, 0.15) is 17.7 Å².